The number of benzene rings is 2. The van der Waals surface area contributed by atoms with Crippen LogP contribution in [0.2, 0.25) is 0 Å². The van der Waals surface area contributed by atoms with Gasteiger partial charge in [0.15, 0.2) is 0 Å². The quantitative estimate of drug-likeness (QED) is 0.838. The van der Waals surface area contributed by atoms with Crippen molar-refractivity contribution in [2.24, 2.45) is 0 Å². The minimum absolute atomic E-state index is 0.226. The van der Waals surface area contributed by atoms with E-state index >= 15 is 0 Å². The molecule has 2 rings (SSSR count). The van der Waals surface area contributed by atoms with Gasteiger partial charge in [-0.1, -0.05) is 12.1 Å². The van der Waals surface area contributed by atoms with Crippen LogP contribution in [0.25, 0.3) is 0 Å². The van der Waals surface area contributed by atoms with Crippen LogP contribution in [-0.4, -0.2) is 0 Å². The van der Waals surface area contributed by atoms with Crippen molar-refractivity contribution in [3.63, 3.8) is 0 Å². The summed E-state index contributed by atoms with van der Waals surface area (Å²) >= 11 is 0. The molecule has 0 atom stereocenters. The van der Waals surface area contributed by atoms with E-state index in [1.54, 1.807) is 6.07 Å². The molecule has 0 aliphatic heterocycles. The van der Waals surface area contributed by atoms with Gasteiger partial charge < -0.3 is 10.5 Å². The fourth-order valence-electron chi connectivity index (χ4n) is 1.76. The number of aryl methyl sites for hydroxylation is 1. The first kappa shape index (κ1) is 12.4. The van der Waals surface area contributed by atoms with Crippen LogP contribution in [0.3, 0.4) is 0 Å². The zero-order valence-corrected chi connectivity index (χ0v) is 10.5. The van der Waals surface area contributed by atoms with Crippen LogP contribution >= 0.6 is 0 Å². The van der Waals surface area contributed by atoms with Crippen LogP contribution in [0.1, 0.15) is 16.7 Å². The van der Waals surface area contributed by atoms with Crippen LogP contribution in [0.15, 0.2) is 36.4 Å². The normalized spacial score (nSPS) is 10.4. The summed E-state index contributed by atoms with van der Waals surface area (Å²) in [5, 5.41) is 0. The van der Waals surface area contributed by atoms with Crippen LogP contribution in [0.4, 0.5) is 10.1 Å². The van der Waals surface area contributed by atoms with E-state index < -0.39 is 0 Å². The second kappa shape index (κ2) is 5.08. The zero-order valence-electron chi connectivity index (χ0n) is 10.5. The van der Waals surface area contributed by atoms with Gasteiger partial charge >= 0.3 is 0 Å². The van der Waals surface area contributed by atoms with E-state index in [1.807, 2.05) is 32.0 Å². The molecule has 2 aromatic carbocycles. The highest BCUT2D eigenvalue weighted by atomic mass is 19.1. The molecule has 0 spiro atoms. The highest BCUT2D eigenvalue weighted by Gasteiger charge is 2.04. The maximum atomic E-state index is 13.0. The summed E-state index contributed by atoms with van der Waals surface area (Å²) in [5.74, 6) is 0.537. The highest BCUT2D eigenvalue weighted by Crippen LogP contribution is 2.24. The smallest absolute Gasteiger partial charge is 0.124 e. The van der Waals surface area contributed by atoms with E-state index in [1.165, 1.54) is 12.1 Å². The molecule has 0 fully saturated rings. The van der Waals surface area contributed by atoms with Gasteiger partial charge in [-0.2, -0.15) is 0 Å². The molecule has 2 nitrogen and oxygen atoms in total. The van der Waals surface area contributed by atoms with Gasteiger partial charge in [0.2, 0.25) is 0 Å². The van der Waals surface area contributed by atoms with E-state index in [4.69, 9.17) is 10.5 Å². The Bertz CT molecular complexity index is 566. The monoisotopic (exact) mass is 245 g/mol. The third-order valence-electron chi connectivity index (χ3n) is 3.01. The molecular formula is C15H16FNO. The van der Waals surface area contributed by atoms with Crippen LogP contribution in [-0.2, 0) is 6.61 Å². The minimum atomic E-state index is -0.226. The van der Waals surface area contributed by atoms with E-state index in [9.17, 15) is 4.39 Å². The van der Waals surface area contributed by atoms with Crippen molar-refractivity contribution >= 4 is 5.69 Å². The number of nitrogens with two attached hydrogens (primary N) is 1. The molecule has 0 saturated heterocycles. The van der Waals surface area contributed by atoms with Gasteiger partial charge in [-0.05, 0) is 49.2 Å². The number of rotatable bonds is 3. The van der Waals surface area contributed by atoms with Gasteiger partial charge in [0, 0.05) is 11.3 Å². The second-order valence-corrected chi connectivity index (χ2v) is 4.33. The van der Waals surface area contributed by atoms with Gasteiger partial charge in [0.05, 0.1) is 0 Å². The molecule has 0 amide bonds. The number of anilines is 1. The maximum absolute atomic E-state index is 13.0. The molecule has 0 unspecified atom stereocenters. The minimum Gasteiger partial charge on any atom is -0.489 e. The number of hydrogen-bond donors (Lipinski definition) is 1. The number of hydrogen-bond acceptors (Lipinski definition) is 2. The zero-order chi connectivity index (χ0) is 13.1. The summed E-state index contributed by atoms with van der Waals surface area (Å²) in [5.41, 5.74) is 9.31. The summed E-state index contributed by atoms with van der Waals surface area (Å²) in [6, 6.07) is 10.3. The number of nitrogen functional groups attached to an aromatic ring is 1. The van der Waals surface area contributed by atoms with Crippen LogP contribution in [0, 0.1) is 19.7 Å². The molecule has 18 heavy (non-hydrogen) atoms. The largest absolute Gasteiger partial charge is 0.489 e. The van der Waals surface area contributed by atoms with Gasteiger partial charge in [-0.15, -0.1) is 0 Å². The second-order valence-electron chi connectivity index (χ2n) is 4.33. The van der Waals surface area contributed by atoms with Crippen molar-refractivity contribution < 1.29 is 9.13 Å². The third kappa shape index (κ3) is 2.62. The Morgan fingerprint density at radius 1 is 1.17 bits per heavy atom. The highest BCUT2D eigenvalue weighted by molar-refractivity contribution is 5.53. The lowest BCUT2D eigenvalue weighted by molar-refractivity contribution is 0.303. The standard InChI is InChI=1S/C15H16FNO/c1-10-8-13(16)7-6-12(10)9-18-15-5-3-4-14(17)11(15)2/h3-8H,9,17H2,1-2H3. The van der Waals surface area contributed by atoms with Crippen molar-refractivity contribution in [3.8, 4) is 5.75 Å². The molecule has 0 aliphatic rings. The van der Waals surface area contributed by atoms with E-state index in [2.05, 4.69) is 0 Å². The maximum Gasteiger partial charge on any atom is 0.124 e. The Kier molecular flexibility index (Phi) is 3.51. The van der Waals surface area contributed by atoms with Gasteiger partial charge in [0.1, 0.15) is 18.2 Å². The van der Waals surface area contributed by atoms with Crippen LogP contribution in [0.5, 0.6) is 5.75 Å². The molecule has 0 saturated carbocycles. The first-order valence-corrected chi connectivity index (χ1v) is 5.81. The molecule has 2 aromatic rings. The Morgan fingerprint density at radius 2 is 1.94 bits per heavy atom. The average Bonchev–Trinajstić information content (AvgIpc) is 2.33. The lowest BCUT2D eigenvalue weighted by Crippen LogP contribution is -2.01. The Morgan fingerprint density at radius 3 is 2.67 bits per heavy atom. The summed E-state index contributed by atoms with van der Waals surface area (Å²) in [6.07, 6.45) is 0. The van der Waals surface area contributed by atoms with Crippen molar-refractivity contribution in [1.82, 2.24) is 0 Å². The third-order valence-corrected chi connectivity index (χ3v) is 3.01. The molecule has 2 N–H and O–H groups in total. The summed E-state index contributed by atoms with van der Waals surface area (Å²) in [6.45, 7) is 4.20. The van der Waals surface area contributed by atoms with Crippen LogP contribution < -0.4 is 10.5 Å². The number of halogens is 1. The summed E-state index contributed by atoms with van der Waals surface area (Å²) < 4.78 is 18.7. The van der Waals surface area contributed by atoms with Gasteiger partial charge in [-0.25, -0.2) is 4.39 Å². The molecule has 0 aromatic heterocycles. The predicted octanol–water partition coefficient (Wildman–Crippen LogP) is 3.60. The molecule has 0 heterocycles. The molecule has 3 heteroatoms. The molecule has 94 valence electrons. The van der Waals surface area contributed by atoms with E-state index in [0.717, 1.165) is 22.4 Å². The Labute approximate surface area is 106 Å². The van der Waals surface area contributed by atoms with Crippen molar-refractivity contribution in [2.45, 2.75) is 20.5 Å². The van der Waals surface area contributed by atoms with Gasteiger partial charge in [0.25, 0.3) is 0 Å². The van der Waals surface area contributed by atoms with Gasteiger partial charge in [-0.3, -0.25) is 0 Å². The average molecular weight is 245 g/mol. The summed E-state index contributed by atoms with van der Waals surface area (Å²) in [7, 11) is 0. The van der Waals surface area contributed by atoms with Crippen molar-refractivity contribution in [3.05, 3.63) is 58.9 Å². The number of ether oxygens (including phenoxy) is 1. The predicted molar refractivity (Wildman–Crippen MR) is 71.1 cm³/mol. The molecule has 0 bridgehead atoms. The first-order valence-electron chi connectivity index (χ1n) is 5.81. The Hall–Kier alpha value is -2.03. The first-order chi connectivity index (χ1) is 8.58. The fourth-order valence-corrected chi connectivity index (χ4v) is 1.76. The topological polar surface area (TPSA) is 35.2 Å². The van der Waals surface area contributed by atoms with E-state index in [0.29, 0.717) is 12.3 Å². The lowest BCUT2D eigenvalue weighted by Gasteiger charge is -2.12. The van der Waals surface area contributed by atoms with E-state index in [-0.39, 0.29) is 5.82 Å². The SMILES string of the molecule is Cc1cc(F)ccc1COc1cccc(N)c1C. The summed E-state index contributed by atoms with van der Waals surface area (Å²) in [4.78, 5) is 0. The van der Waals surface area contributed by atoms with Crippen molar-refractivity contribution in [2.75, 3.05) is 5.73 Å². The van der Waals surface area contributed by atoms with Crippen molar-refractivity contribution in [1.29, 1.82) is 0 Å². The molecule has 0 aliphatic carbocycles. The fraction of sp³-hybridized carbons (Fsp3) is 0.200. The molecular weight excluding hydrogens is 229 g/mol. The Balaban J connectivity index is 2.14. The lowest BCUT2D eigenvalue weighted by atomic mass is 10.1. The molecule has 0 radical (unpaired) electrons.